The Morgan fingerprint density at radius 1 is 1.35 bits per heavy atom. The summed E-state index contributed by atoms with van der Waals surface area (Å²) < 4.78 is 26.5. The molecule has 1 fully saturated rings. The highest BCUT2D eigenvalue weighted by atomic mass is 19.2. The number of benzene rings is 1. The minimum Gasteiger partial charge on any atom is -0.452 e. The number of aromatic nitrogens is 2. The molecule has 138 valence electrons. The second-order valence-electron chi connectivity index (χ2n) is 6.02. The molecule has 1 aromatic heterocycles. The van der Waals surface area contributed by atoms with Crippen LogP contribution in [0.5, 0.6) is 0 Å². The van der Waals surface area contributed by atoms with Gasteiger partial charge in [-0.25, -0.2) is 14.0 Å². The molecule has 1 aliphatic heterocycles. The van der Waals surface area contributed by atoms with Crippen molar-refractivity contribution >= 4 is 5.97 Å². The number of H-pyrrole nitrogens is 1. The molecule has 2 aromatic rings. The Morgan fingerprint density at radius 2 is 2.04 bits per heavy atom. The standard InChI is InChI=1S/C17H17FN2O6/c1-10-13(25-15(23)11-5-3-2-4-6-11)17(18,9-21)26-14(10)20-8-7-12(22)19-16(20)24/h2-8,10,13-14,21H,9H2,1H3,(H,19,22,24)/t10-,13-,14+,17+/m0/s1. The Morgan fingerprint density at radius 3 is 2.65 bits per heavy atom. The van der Waals surface area contributed by atoms with Crippen LogP contribution in [0.15, 0.2) is 52.2 Å². The minimum atomic E-state index is -2.69. The third-order valence-corrected chi connectivity index (χ3v) is 4.25. The zero-order chi connectivity index (χ0) is 18.9. The Balaban J connectivity index is 1.90. The summed E-state index contributed by atoms with van der Waals surface area (Å²) in [4.78, 5) is 37.5. The van der Waals surface area contributed by atoms with Crippen LogP contribution in [0, 0.1) is 5.92 Å². The van der Waals surface area contributed by atoms with Crippen LogP contribution in [0.25, 0.3) is 0 Å². The quantitative estimate of drug-likeness (QED) is 0.768. The topological polar surface area (TPSA) is 111 Å². The van der Waals surface area contributed by atoms with E-state index in [0.29, 0.717) is 0 Å². The number of ether oxygens (including phenoxy) is 2. The van der Waals surface area contributed by atoms with Crippen LogP contribution in [0.2, 0.25) is 0 Å². The van der Waals surface area contributed by atoms with Gasteiger partial charge < -0.3 is 14.6 Å². The molecule has 0 bridgehead atoms. The second-order valence-corrected chi connectivity index (χ2v) is 6.02. The molecule has 0 unspecified atom stereocenters. The fourth-order valence-electron chi connectivity index (χ4n) is 2.94. The molecule has 0 spiro atoms. The van der Waals surface area contributed by atoms with Crippen molar-refractivity contribution in [2.75, 3.05) is 6.61 Å². The summed E-state index contributed by atoms with van der Waals surface area (Å²) in [6.07, 6.45) is -1.48. The van der Waals surface area contributed by atoms with E-state index in [2.05, 4.69) is 0 Å². The first kappa shape index (κ1) is 18.0. The number of carbonyl (C=O) groups is 1. The molecule has 1 aliphatic rings. The van der Waals surface area contributed by atoms with E-state index in [4.69, 9.17) is 9.47 Å². The van der Waals surface area contributed by atoms with Gasteiger partial charge in [-0.3, -0.25) is 14.3 Å². The average Bonchev–Trinajstić information content (AvgIpc) is 2.88. The molecule has 0 amide bonds. The highest BCUT2D eigenvalue weighted by molar-refractivity contribution is 5.89. The van der Waals surface area contributed by atoms with Crippen molar-refractivity contribution < 1.29 is 23.8 Å². The molecule has 1 saturated heterocycles. The lowest BCUT2D eigenvalue weighted by molar-refractivity contribution is -0.207. The Bertz CT molecular complexity index is 911. The van der Waals surface area contributed by atoms with Gasteiger partial charge in [-0.05, 0) is 12.1 Å². The maximum Gasteiger partial charge on any atom is 0.338 e. The van der Waals surface area contributed by atoms with Crippen LogP contribution in [0.4, 0.5) is 4.39 Å². The molecule has 9 heteroatoms. The molecular formula is C17H17FN2O6. The largest absolute Gasteiger partial charge is 0.452 e. The van der Waals surface area contributed by atoms with Gasteiger partial charge in [0.25, 0.3) is 11.4 Å². The molecule has 1 aromatic carbocycles. The molecular weight excluding hydrogens is 347 g/mol. The fraction of sp³-hybridized carbons (Fsp3) is 0.353. The van der Waals surface area contributed by atoms with Gasteiger partial charge in [0.1, 0.15) is 12.8 Å². The lowest BCUT2D eigenvalue weighted by Crippen LogP contribution is -2.43. The number of hydrogen-bond donors (Lipinski definition) is 2. The number of aliphatic hydroxyl groups is 1. The highest BCUT2D eigenvalue weighted by Crippen LogP contribution is 2.43. The van der Waals surface area contributed by atoms with E-state index < -0.39 is 47.9 Å². The Kier molecular flexibility index (Phi) is 4.75. The van der Waals surface area contributed by atoms with Gasteiger partial charge in [-0.2, -0.15) is 0 Å². The number of aliphatic hydroxyl groups excluding tert-OH is 1. The van der Waals surface area contributed by atoms with Crippen LogP contribution in [0.1, 0.15) is 23.5 Å². The lowest BCUT2D eigenvalue weighted by Gasteiger charge is -2.25. The van der Waals surface area contributed by atoms with E-state index in [1.807, 2.05) is 4.98 Å². The molecule has 3 rings (SSSR count). The summed E-state index contributed by atoms with van der Waals surface area (Å²) in [5.41, 5.74) is -1.20. The van der Waals surface area contributed by atoms with Gasteiger partial charge in [0.15, 0.2) is 6.10 Å². The normalized spacial score (nSPS) is 28.0. The van der Waals surface area contributed by atoms with Crippen LogP contribution in [-0.4, -0.2) is 39.2 Å². The molecule has 26 heavy (non-hydrogen) atoms. The number of rotatable bonds is 4. The first-order valence-electron chi connectivity index (χ1n) is 7.91. The summed E-state index contributed by atoms with van der Waals surface area (Å²) in [6.45, 7) is 0.445. The molecule has 8 nitrogen and oxygen atoms in total. The van der Waals surface area contributed by atoms with Gasteiger partial charge in [-0.15, -0.1) is 0 Å². The predicted octanol–water partition coefficient (Wildman–Crippen LogP) is 0.585. The number of esters is 1. The monoisotopic (exact) mass is 364 g/mol. The molecule has 0 radical (unpaired) electrons. The van der Waals surface area contributed by atoms with Crippen molar-refractivity contribution in [3.05, 3.63) is 69.0 Å². The third kappa shape index (κ3) is 3.18. The number of aromatic amines is 1. The molecule has 2 heterocycles. The second kappa shape index (κ2) is 6.85. The van der Waals surface area contributed by atoms with Gasteiger partial charge in [0.2, 0.25) is 0 Å². The zero-order valence-corrected chi connectivity index (χ0v) is 13.8. The number of hydrogen-bond acceptors (Lipinski definition) is 6. The SMILES string of the molecule is C[C@@H]1[C@H](n2ccc(=O)[nH]c2=O)O[C@](F)(CO)[C@H]1OC(=O)c1ccccc1. The first-order chi connectivity index (χ1) is 12.4. The number of nitrogens with zero attached hydrogens (tertiary/aromatic N) is 1. The summed E-state index contributed by atoms with van der Waals surface area (Å²) in [5.74, 6) is -4.29. The van der Waals surface area contributed by atoms with Crippen molar-refractivity contribution in [3.63, 3.8) is 0 Å². The van der Waals surface area contributed by atoms with Crippen molar-refractivity contribution in [1.82, 2.24) is 9.55 Å². The van der Waals surface area contributed by atoms with Gasteiger partial charge in [0.05, 0.1) is 5.56 Å². The van der Waals surface area contributed by atoms with E-state index >= 15 is 4.39 Å². The highest BCUT2D eigenvalue weighted by Gasteiger charge is 2.57. The predicted molar refractivity (Wildman–Crippen MR) is 87.2 cm³/mol. The van der Waals surface area contributed by atoms with Crippen LogP contribution >= 0.6 is 0 Å². The van der Waals surface area contributed by atoms with E-state index in [0.717, 1.165) is 16.8 Å². The Labute approximate surface area is 146 Å². The first-order valence-corrected chi connectivity index (χ1v) is 7.91. The van der Waals surface area contributed by atoms with Crippen LogP contribution in [0.3, 0.4) is 0 Å². The van der Waals surface area contributed by atoms with Crippen molar-refractivity contribution in [2.45, 2.75) is 25.1 Å². The lowest BCUT2D eigenvalue weighted by atomic mass is 10.00. The van der Waals surface area contributed by atoms with Crippen LogP contribution < -0.4 is 11.2 Å². The summed E-state index contributed by atoms with van der Waals surface area (Å²) in [7, 11) is 0. The van der Waals surface area contributed by atoms with E-state index in [1.54, 1.807) is 18.2 Å². The number of carbonyl (C=O) groups excluding carboxylic acids is 1. The fourth-order valence-corrected chi connectivity index (χ4v) is 2.94. The Hall–Kier alpha value is -2.78. The zero-order valence-electron chi connectivity index (χ0n) is 13.8. The molecule has 2 N–H and O–H groups in total. The smallest absolute Gasteiger partial charge is 0.338 e. The van der Waals surface area contributed by atoms with Crippen molar-refractivity contribution in [2.24, 2.45) is 5.92 Å². The van der Waals surface area contributed by atoms with Crippen molar-refractivity contribution in [1.29, 1.82) is 0 Å². The van der Waals surface area contributed by atoms with Gasteiger partial charge in [0, 0.05) is 18.2 Å². The number of nitrogens with one attached hydrogen (secondary N) is 1. The van der Waals surface area contributed by atoms with Crippen LogP contribution in [-0.2, 0) is 9.47 Å². The third-order valence-electron chi connectivity index (χ3n) is 4.25. The van der Waals surface area contributed by atoms with E-state index in [1.165, 1.54) is 19.1 Å². The summed E-state index contributed by atoms with van der Waals surface area (Å²) in [5, 5.41) is 9.44. The van der Waals surface area contributed by atoms with E-state index in [9.17, 15) is 19.5 Å². The number of halogens is 1. The maximum absolute atomic E-state index is 15.0. The summed E-state index contributed by atoms with van der Waals surface area (Å²) in [6, 6.07) is 9.06. The van der Waals surface area contributed by atoms with Crippen molar-refractivity contribution in [3.8, 4) is 0 Å². The van der Waals surface area contributed by atoms with E-state index in [-0.39, 0.29) is 5.56 Å². The maximum atomic E-state index is 15.0. The minimum absolute atomic E-state index is 0.213. The molecule has 4 atom stereocenters. The summed E-state index contributed by atoms with van der Waals surface area (Å²) >= 11 is 0. The average molecular weight is 364 g/mol. The van der Waals surface area contributed by atoms with Gasteiger partial charge >= 0.3 is 11.7 Å². The molecule has 0 aliphatic carbocycles. The molecule has 0 saturated carbocycles. The number of alkyl halides is 1. The van der Waals surface area contributed by atoms with Gasteiger partial charge in [-0.1, -0.05) is 25.1 Å².